The molecule has 1 aliphatic carbocycles. The maximum Gasteiger partial charge on any atom is 0.407 e. The summed E-state index contributed by atoms with van der Waals surface area (Å²) in [7, 11) is 0. The predicted octanol–water partition coefficient (Wildman–Crippen LogP) is 3.63. The lowest BCUT2D eigenvalue weighted by Gasteiger charge is -2.26. The zero-order chi connectivity index (χ0) is 25.2. The number of ether oxygens (including phenoxy) is 1. The van der Waals surface area contributed by atoms with E-state index in [4.69, 9.17) is 4.74 Å². The first-order valence-corrected chi connectivity index (χ1v) is 11.1. The third kappa shape index (κ3) is 4.97. The number of fused-ring (bicyclic) bond motifs is 3. The molecule has 0 spiro atoms. The molecule has 1 aliphatic heterocycles. The molecular formula is C26H24F2N2O5. The molecule has 0 saturated carbocycles. The Kier molecular flexibility index (Phi) is 6.74. The Labute approximate surface area is 201 Å². The van der Waals surface area contributed by atoms with Gasteiger partial charge in [0.1, 0.15) is 18.7 Å². The summed E-state index contributed by atoms with van der Waals surface area (Å²) in [6, 6.07) is 12.6. The lowest BCUT2D eigenvalue weighted by atomic mass is 9.98. The van der Waals surface area contributed by atoms with Gasteiger partial charge in [-0.2, -0.15) is 0 Å². The molecule has 0 radical (unpaired) electrons. The summed E-state index contributed by atoms with van der Waals surface area (Å²) in [6.07, 6.45) is -2.07. The lowest BCUT2D eigenvalue weighted by Crippen LogP contribution is -2.52. The Morgan fingerprint density at radius 1 is 1.14 bits per heavy atom. The predicted molar refractivity (Wildman–Crippen MR) is 123 cm³/mol. The minimum atomic E-state index is -3.33. The second-order valence-electron chi connectivity index (χ2n) is 8.53. The van der Waals surface area contributed by atoms with Crippen LogP contribution in [0.25, 0.3) is 11.1 Å². The number of rotatable bonds is 6. The Bertz CT molecular complexity index is 1170. The summed E-state index contributed by atoms with van der Waals surface area (Å²) in [4.78, 5) is 37.6. The van der Waals surface area contributed by atoms with Crippen molar-refractivity contribution in [3.63, 3.8) is 0 Å². The maximum atomic E-state index is 13.9. The number of likely N-dealkylation sites (tertiary alicyclic amines) is 1. The third-order valence-corrected chi connectivity index (χ3v) is 6.25. The number of alkyl carbamates (subject to hydrolysis) is 1. The fourth-order valence-corrected chi connectivity index (χ4v) is 4.66. The van der Waals surface area contributed by atoms with Crippen molar-refractivity contribution in [3.05, 3.63) is 59.7 Å². The van der Waals surface area contributed by atoms with Crippen LogP contribution in [-0.2, 0) is 14.3 Å². The van der Waals surface area contributed by atoms with Gasteiger partial charge in [-0.05, 0) is 29.2 Å². The molecule has 2 atom stereocenters. The number of aliphatic carboxylic acids is 1. The molecule has 182 valence electrons. The number of hydrogen-bond acceptors (Lipinski definition) is 4. The number of nitrogens with zero attached hydrogens (tertiary/aromatic N) is 1. The van der Waals surface area contributed by atoms with E-state index < -0.39 is 48.9 Å². The maximum absolute atomic E-state index is 13.9. The molecule has 1 unspecified atom stereocenters. The molecule has 1 fully saturated rings. The van der Waals surface area contributed by atoms with Crippen molar-refractivity contribution in [2.45, 2.75) is 43.7 Å². The topological polar surface area (TPSA) is 95.9 Å². The van der Waals surface area contributed by atoms with Crippen molar-refractivity contribution in [1.82, 2.24) is 10.2 Å². The fraction of sp³-hybridized carbons (Fsp3) is 0.346. The lowest BCUT2D eigenvalue weighted by molar-refractivity contribution is -0.148. The van der Waals surface area contributed by atoms with Crippen molar-refractivity contribution < 1.29 is 33.0 Å². The van der Waals surface area contributed by atoms with Crippen molar-refractivity contribution >= 4 is 18.0 Å². The van der Waals surface area contributed by atoms with Crippen LogP contribution in [0.15, 0.2) is 48.5 Å². The molecule has 2 N–H and O–H groups in total. The van der Waals surface area contributed by atoms with Crippen molar-refractivity contribution in [1.29, 1.82) is 0 Å². The number of benzene rings is 2. The normalized spacial score (nSPS) is 18.6. The molecule has 35 heavy (non-hydrogen) atoms. The smallest absolute Gasteiger partial charge is 0.407 e. The van der Waals surface area contributed by atoms with Gasteiger partial charge in [0.25, 0.3) is 5.92 Å². The monoisotopic (exact) mass is 482 g/mol. The molecule has 2 amide bonds. The van der Waals surface area contributed by atoms with Crippen LogP contribution < -0.4 is 5.32 Å². The van der Waals surface area contributed by atoms with Gasteiger partial charge in [0.05, 0.1) is 6.54 Å². The standard InChI is InChI=1S/C26H24F2N2O5/c1-2-3-12-21(23(31)30-15-26(27,28)13-22(30)24(32)33)29-25(34)35-14-20-18-10-6-4-8-16(18)17-9-5-7-11-19(17)20/h4-11,20-22H,12-15H2,1H3,(H,29,34)(H,32,33)/t21?,22-/m0/s1. The van der Waals surface area contributed by atoms with E-state index in [2.05, 4.69) is 17.2 Å². The Morgan fingerprint density at radius 2 is 1.74 bits per heavy atom. The highest BCUT2D eigenvalue weighted by Crippen LogP contribution is 2.44. The number of carboxylic acids is 1. The van der Waals surface area contributed by atoms with Crippen LogP contribution >= 0.6 is 0 Å². The molecule has 2 aromatic carbocycles. The number of carboxylic acid groups (broad SMARTS) is 1. The highest BCUT2D eigenvalue weighted by atomic mass is 19.3. The fourth-order valence-electron chi connectivity index (χ4n) is 4.66. The second kappa shape index (κ2) is 9.74. The summed E-state index contributed by atoms with van der Waals surface area (Å²) >= 11 is 0. The average Bonchev–Trinajstić information content (AvgIpc) is 3.34. The van der Waals surface area contributed by atoms with E-state index in [0.717, 1.165) is 22.3 Å². The quantitative estimate of drug-likeness (QED) is 0.613. The Balaban J connectivity index is 1.46. The molecule has 1 heterocycles. The third-order valence-electron chi connectivity index (χ3n) is 6.25. The van der Waals surface area contributed by atoms with Gasteiger partial charge in [-0.15, -0.1) is 11.8 Å². The molecule has 7 nitrogen and oxygen atoms in total. The summed E-state index contributed by atoms with van der Waals surface area (Å²) in [5, 5.41) is 11.7. The molecule has 0 aromatic heterocycles. The van der Waals surface area contributed by atoms with E-state index in [0.29, 0.717) is 4.90 Å². The summed E-state index contributed by atoms with van der Waals surface area (Å²) < 4.78 is 33.2. The molecular weight excluding hydrogens is 458 g/mol. The molecule has 2 aliphatic rings. The minimum Gasteiger partial charge on any atom is -0.480 e. The first-order chi connectivity index (χ1) is 16.7. The molecule has 9 heteroatoms. The zero-order valence-electron chi connectivity index (χ0n) is 19.0. The molecule has 4 rings (SSSR count). The van der Waals surface area contributed by atoms with E-state index in [1.165, 1.54) is 6.92 Å². The number of carbonyl (C=O) groups excluding carboxylic acids is 2. The van der Waals surface area contributed by atoms with Gasteiger partial charge in [0, 0.05) is 18.8 Å². The van der Waals surface area contributed by atoms with Gasteiger partial charge in [0.15, 0.2) is 0 Å². The van der Waals surface area contributed by atoms with Gasteiger partial charge in [-0.25, -0.2) is 18.4 Å². The van der Waals surface area contributed by atoms with Crippen LogP contribution in [0.3, 0.4) is 0 Å². The highest BCUT2D eigenvalue weighted by molar-refractivity contribution is 5.90. The number of nitrogens with one attached hydrogen (secondary N) is 1. The van der Waals surface area contributed by atoms with Gasteiger partial charge >= 0.3 is 12.1 Å². The van der Waals surface area contributed by atoms with Crippen LogP contribution in [0.5, 0.6) is 0 Å². The number of alkyl halides is 2. The van der Waals surface area contributed by atoms with Crippen molar-refractivity contribution in [3.8, 4) is 23.0 Å². The summed E-state index contributed by atoms with van der Waals surface area (Å²) in [5.41, 5.74) is 4.13. The van der Waals surface area contributed by atoms with Crippen LogP contribution in [0.1, 0.15) is 36.8 Å². The largest absolute Gasteiger partial charge is 0.480 e. The van der Waals surface area contributed by atoms with Gasteiger partial charge < -0.3 is 20.1 Å². The van der Waals surface area contributed by atoms with E-state index in [9.17, 15) is 28.3 Å². The van der Waals surface area contributed by atoms with E-state index in [1.807, 2.05) is 48.5 Å². The van der Waals surface area contributed by atoms with Gasteiger partial charge in [-0.1, -0.05) is 48.5 Å². The minimum absolute atomic E-state index is 0.000235. The van der Waals surface area contributed by atoms with Crippen LogP contribution in [0.2, 0.25) is 0 Å². The summed E-state index contributed by atoms with van der Waals surface area (Å²) in [6.45, 7) is 0.490. The van der Waals surface area contributed by atoms with Crippen LogP contribution in [0.4, 0.5) is 13.6 Å². The van der Waals surface area contributed by atoms with Gasteiger partial charge in [0.2, 0.25) is 5.91 Å². The Hall–Kier alpha value is -3.93. The second-order valence-corrected chi connectivity index (χ2v) is 8.53. The van der Waals surface area contributed by atoms with E-state index >= 15 is 0 Å². The SMILES string of the molecule is CC#CCC(NC(=O)OCC1c2ccccc2-c2ccccc21)C(=O)N1CC(F)(F)C[C@H]1C(=O)O. The zero-order valence-corrected chi connectivity index (χ0v) is 19.0. The average molecular weight is 482 g/mol. The van der Waals surface area contributed by atoms with Crippen LogP contribution in [-0.4, -0.2) is 59.1 Å². The number of amides is 2. The van der Waals surface area contributed by atoms with Crippen molar-refractivity contribution in [2.24, 2.45) is 0 Å². The van der Waals surface area contributed by atoms with Crippen LogP contribution in [0, 0.1) is 11.8 Å². The Morgan fingerprint density at radius 3 is 2.31 bits per heavy atom. The number of carbonyl (C=O) groups is 3. The van der Waals surface area contributed by atoms with E-state index in [-0.39, 0.29) is 18.9 Å². The number of hydrogen-bond donors (Lipinski definition) is 2. The number of halogens is 2. The van der Waals surface area contributed by atoms with Crippen molar-refractivity contribution in [2.75, 3.05) is 13.2 Å². The molecule has 2 aromatic rings. The van der Waals surface area contributed by atoms with Gasteiger partial charge in [-0.3, -0.25) is 4.79 Å². The summed E-state index contributed by atoms with van der Waals surface area (Å²) in [5.74, 6) is -0.770. The molecule has 0 bridgehead atoms. The molecule has 1 saturated heterocycles. The first-order valence-electron chi connectivity index (χ1n) is 11.1. The highest BCUT2D eigenvalue weighted by Gasteiger charge is 2.51. The van der Waals surface area contributed by atoms with E-state index in [1.54, 1.807) is 0 Å². The first kappa shape index (κ1) is 24.2.